The van der Waals surface area contributed by atoms with Gasteiger partial charge in [0.2, 0.25) is 11.8 Å². The highest BCUT2D eigenvalue weighted by Crippen LogP contribution is 2.19. The van der Waals surface area contributed by atoms with Crippen molar-refractivity contribution in [1.82, 2.24) is 15.5 Å². The number of ether oxygens (including phenoxy) is 1. The second kappa shape index (κ2) is 12.2. The molecule has 1 fully saturated rings. The minimum atomic E-state index is -0.394. The molecule has 1 aliphatic heterocycles. The van der Waals surface area contributed by atoms with E-state index < -0.39 is 6.04 Å². The lowest BCUT2D eigenvalue weighted by Crippen LogP contribution is -2.48. The molecule has 1 aliphatic rings. The first-order valence-electron chi connectivity index (χ1n) is 10.9. The van der Waals surface area contributed by atoms with E-state index in [9.17, 15) is 9.59 Å². The third-order valence-electron chi connectivity index (χ3n) is 5.35. The van der Waals surface area contributed by atoms with Crippen LogP contribution >= 0.6 is 0 Å². The van der Waals surface area contributed by atoms with Gasteiger partial charge in [0, 0.05) is 26.2 Å². The molecular weight excluding hydrogens is 392 g/mol. The molecule has 7 heteroatoms. The summed E-state index contributed by atoms with van der Waals surface area (Å²) >= 11 is 0. The van der Waals surface area contributed by atoms with Gasteiger partial charge in [-0.1, -0.05) is 54.6 Å². The van der Waals surface area contributed by atoms with Gasteiger partial charge in [-0.05, 0) is 29.5 Å². The first kappa shape index (κ1) is 22.9. The Labute approximate surface area is 183 Å². The van der Waals surface area contributed by atoms with Crippen LogP contribution in [0.5, 0.6) is 0 Å². The first-order valence-corrected chi connectivity index (χ1v) is 10.9. The molecular formula is C24H32N4O3. The number of carbonyl (C=O) groups is 2. The fraction of sp³-hybridized carbons (Fsp3) is 0.417. The van der Waals surface area contributed by atoms with Crippen LogP contribution in [-0.4, -0.2) is 62.1 Å². The first-order chi connectivity index (χ1) is 15.2. The maximum Gasteiger partial charge on any atom is 0.242 e. The van der Waals surface area contributed by atoms with Gasteiger partial charge in [0.05, 0.1) is 19.8 Å². The molecule has 0 radical (unpaired) electrons. The fourth-order valence-electron chi connectivity index (χ4n) is 3.75. The van der Waals surface area contributed by atoms with Gasteiger partial charge in [-0.3, -0.25) is 9.59 Å². The Morgan fingerprint density at radius 2 is 1.77 bits per heavy atom. The van der Waals surface area contributed by atoms with Crippen molar-refractivity contribution in [3.63, 3.8) is 0 Å². The summed E-state index contributed by atoms with van der Waals surface area (Å²) in [4.78, 5) is 26.8. The summed E-state index contributed by atoms with van der Waals surface area (Å²) in [6, 6.07) is 18.1. The fourth-order valence-corrected chi connectivity index (χ4v) is 3.75. The minimum Gasteiger partial charge on any atom is -0.378 e. The molecule has 3 rings (SSSR count). The number of amides is 2. The topological polar surface area (TPSA) is 96.7 Å². The van der Waals surface area contributed by atoms with E-state index in [1.54, 1.807) is 4.90 Å². The number of hydrogen-bond acceptors (Lipinski definition) is 5. The Kier molecular flexibility index (Phi) is 9.02. The highest BCUT2D eigenvalue weighted by molar-refractivity contribution is 5.89. The molecule has 2 aromatic carbocycles. The minimum absolute atomic E-state index is 0.0436. The molecule has 0 aliphatic carbocycles. The Morgan fingerprint density at radius 3 is 2.52 bits per heavy atom. The van der Waals surface area contributed by atoms with Crippen molar-refractivity contribution in [1.29, 1.82) is 0 Å². The lowest BCUT2D eigenvalue weighted by Gasteiger charge is -2.24. The van der Waals surface area contributed by atoms with Crippen LogP contribution in [0.15, 0.2) is 54.6 Å². The van der Waals surface area contributed by atoms with Crippen molar-refractivity contribution in [2.24, 2.45) is 5.73 Å². The van der Waals surface area contributed by atoms with Crippen LogP contribution in [-0.2, 0) is 20.9 Å². The third kappa shape index (κ3) is 6.89. The van der Waals surface area contributed by atoms with Gasteiger partial charge in [-0.15, -0.1) is 0 Å². The van der Waals surface area contributed by atoms with Crippen molar-refractivity contribution in [2.75, 3.05) is 39.4 Å². The summed E-state index contributed by atoms with van der Waals surface area (Å²) in [5, 5.41) is 6.06. The molecule has 0 bridgehead atoms. The third-order valence-corrected chi connectivity index (χ3v) is 5.35. The van der Waals surface area contributed by atoms with E-state index in [0.717, 1.165) is 12.0 Å². The van der Waals surface area contributed by atoms with Gasteiger partial charge in [-0.25, -0.2) is 0 Å². The van der Waals surface area contributed by atoms with Gasteiger partial charge in [0.15, 0.2) is 0 Å². The Bertz CT molecular complexity index is 826. The molecule has 0 aromatic heterocycles. The number of nitrogens with zero attached hydrogens (tertiary/aromatic N) is 1. The number of nitrogens with one attached hydrogen (secondary N) is 2. The Morgan fingerprint density at radius 1 is 1.03 bits per heavy atom. The SMILES string of the molecule is NCCOCCNC(=O)[C@@H]1CCCN1C(=O)CNCc1ccc(-c2ccccc2)cc1. The molecule has 1 heterocycles. The van der Waals surface area contributed by atoms with E-state index in [0.29, 0.717) is 45.8 Å². The summed E-state index contributed by atoms with van der Waals surface area (Å²) in [5.74, 6) is -0.156. The highest BCUT2D eigenvalue weighted by Gasteiger charge is 2.33. The maximum absolute atomic E-state index is 12.6. The molecule has 0 unspecified atom stereocenters. The second-order valence-corrected chi connectivity index (χ2v) is 7.60. The van der Waals surface area contributed by atoms with Gasteiger partial charge in [0.25, 0.3) is 0 Å². The van der Waals surface area contributed by atoms with Gasteiger partial charge < -0.3 is 26.0 Å². The predicted molar refractivity (Wildman–Crippen MR) is 121 cm³/mol. The van der Waals surface area contributed by atoms with Crippen LogP contribution in [0.25, 0.3) is 11.1 Å². The van der Waals surface area contributed by atoms with E-state index in [-0.39, 0.29) is 18.4 Å². The van der Waals surface area contributed by atoms with E-state index >= 15 is 0 Å². The van der Waals surface area contributed by atoms with Crippen LogP contribution in [0.1, 0.15) is 18.4 Å². The van der Waals surface area contributed by atoms with Crippen molar-refractivity contribution >= 4 is 11.8 Å². The molecule has 1 atom stereocenters. The van der Waals surface area contributed by atoms with Crippen LogP contribution in [0, 0.1) is 0 Å². The van der Waals surface area contributed by atoms with Crippen molar-refractivity contribution in [3.05, 3.63) is 60.2 Å². The lowest BCUT2D eigenvalue weighted by molar-refractivity contribution is -0.137. The highest BCUT2D eigenvalue weighted by atomic mass is 16.5. The smallest absolute Gasteiger partial charge is 0.242 e. The van der Waals surface area contributed by atoms with Crippen molar-refractivity contribution < 1.29 is 14.3 Å². The molecule has 2 aromatic rings. The summed E-state index contributed by atoms with van der Waals surface area (Å²) in [7, 11) is 0. The predicted octanol–water partition coefficient (Wildman–Crippen LogP) is 1.53. The largest absolute Gasteiger partial charge is 0.378 e. The standard InChI is InChI=1S/C24H32N4O3/c25-12-15-31-16-13-27-24(30)22-7-4-14-28(22)23(29)18-26-17-19-8-10-21(11-9-19)20-5-2-1-3-6-20/h1-3,5-6,8-11,22,26H,4,7,12-18,25H2,(H,27,30)/t22-/m0/s1. The molecule has 0 spiro atoms. The number of carbonyl (C=O) groups excluding carboxylic acids is 2. The van der Waals surface area contributed by atoms with Crippen LogP contribution in [0.2, 0.25) is 0 Å². The summed E-state index contributed by atoms with van der Waals surface area (Å²) < 4.78 is 5.27. The molecule has 0 saturated carbocycles. The van der Waals surface area contributed by atoms with Gasteiger partial charge in [-0.2, -0.15) is 0 Å². The van der Waals surface area contributed by atoms with E-state index in [2.05, 4.69) is 47.0 Å². The van der Waals surface area contributed by atoms with Gasteiger partial charge in [0.1, 0.15) is 6.04 Å². The maximum atomic E-state index is 12.6. The monoisotopic (exact) mass is 424 g/mol. The summed E-state index contributed by atoms with van der Waals surface area (Å²) in [5.41, 5.74) is 8.83. The number of nitrogens with two attached hydrogens (primary N) is 1. The second-order valence-electron chi connectivity index (χ2n) is 7.60. The number of likely N-dealkylation sites (tertiary alicyclic amines) is 1. The average Bonchev–Trinajstić information content (AvgIpc) is 3.30. The van der Waals surface area contributed by atoms with Crippen LogP contribution < -0.4 is 16.4 Å². The van der Waals surface area contributed by atoms with Gasteiger partial charge >= 0.3 is 0 Å². The van der Waals surface area contributed by atoms with E-state index in [1.807, 2.05) is 18.2 Å². The van der Waals surface area contributed by atoms with E-state index in [4.69, 9.17) is 10.5 Å². The normalized spacial score (nSPS) is 15.8. The Balaban J connectivity index is 1.42. The molecule has 31 heavy (non-hydrogen) atoms. The zero-order valence-corrected chi connectivity index (χ0v) is 17.9. The lowest BCUT2D eigenvalue weighted by atomic mass is 10.0. The summed E-state index contributed by atoms with van der Waals surface area (Å²) in [6.07, 6.45) is 1.54. The molecule has 166 valence electrons. The number of hydrogen-bond donors (Lipinski definition) is 3. The van der Waals surface area contributed by atoms with Crippen LogP contribution in [0.4, 0.5) is 0 Å². The summed E-state index contributed by atoms with van der Waals surface area (Å²) in [6.45, 7) is 3.22. The number of benzene rings is 2. The molecule has 4 N–H and O–H groups in total. The van der Waals surface area contributed by atoms with E-state index in [1.165, 1.54) is 11.1 Å². The molecule has 1 saturated heterocycles. The zero-order valence-electron chi connectivity index (χ0n) is 17.9. The average molecular weight is 425 g/mol. The zero-order chi connectivity index (χ0) is 21.9. The van der Waals surface area contributed by atoms with Crippen molar-refractivity contribution in [3.8, 4) is 11.1 Å². The molecule has 7 nitrogen and oxygen atoms in total. The Hall–Kier alpha value is -2.74. The number of rotatable bonds is 11. The molecule has 2 amide bonds. The van der Waals surface area contributed by atoms with Crippen molar-refractivity contribution in [2.45, 2.75) is 25.4 Å². The van der Waals surface area contributed by atoms with Crippen LogP contribution in [0.3, 0.4) is 0 Å². The quantitative estimate of drug-likeness (QED) is 0.476.